The van der Waals surface area contributed by atoms with Crippen molar-refractivity contribution in [1.82, 2.24) is 4.90 Å². The Morgan fingerprint density at radius 3 is 2.40 bits per heavy atom. The van der Waals surface area contributed by atoms with Crippen molar-refractivity contribution in [2.45, 2.75) is 58.0 Å². The lowest BCUT2D eigenvalue weighted by molar-refractivity contribution is 0.0611. The Labute approximate surface area is 123 Å². The number of fused-ring (bicyclic) bond motifs is 1. The van der Waals surface area contributed by atoms with Gasteiger partial charge >= 0.3 is 0 Å². The fourth-order valence-corrected chi connectivity index (χ4v) is 4.25. The zero-order valence-corrected chi connectivity index (χ0v) is 12.9. The average Bonchev–Trinajstić information content (AvgIpc) is 2.85. The topological polar surface area (TPSA) is 29.3 Å². The third-order valence-electron chi connectivity index (χ3n) is 6.09. The van der Waals surface area contributed by atoms with Gasteiger partial charge in [0.05, 0.1) is 0 Å². The molecule has 1 aromatic rings. The molecule has 0 aromatic heterocycles. The largest absolute Gasteiger partial charge is 0.323 e. The molecule has 20 heavy (non-hydrogen) atoms. The Bertz CT molecular complexity index is 454. The predicted octanol–water partition coefficient (Wildman–Crippen LogP) is 3.51. The number of rotatable bonds is 3. The van der Waals surface area contributed by atoms with Crippen molar-refractivity contribution < 1.29 is 0 Å². The van der Waals surface area contributed by atoms with E-state index in [1.165, 1.54) is 49.9 Å². The second-order valence-corrected chi connectivity index (χ2v) is 6.74. The number of nitrogens with zero attached hydrogens (tertiary/aromatic N) is 1. The molecule has 110 valence electrons. The van der Waals surface area contributed by atoms with Crippen LogP contribution in [0.1, 0.15) is 56.7 Å². The Morgan fingerprint density at radius 2 is 1.80 bits per heavy atom. The minimum atomic E-state index is 0.210. The van der Waals surface area contributed by atoms with Gasteiger partial charge in [-0.3, -0.25) is 4.90 Å². The molecule has 0 bridgehead atoms. The van der Waals surface area contributed by atoms with Crippen molar-refractivity contribution in [2.24, 2.45) is 11.1 Å². The van der Waals surface area contributed by atoms with E-state index >= 15 is 0 Å². The molecule has 1 fully saturated rings. The Morgan fingerprint density at radius 1 is 1.15 bits per heavy atom. The van der Waals surface area contributed by atoms with E-state index in [4.69, 9.17) is 5.73 Å². The van der Waals surface area contributed by atoms with Crippen LogP contribution >= 0.6 is 0 Å². The minimum Gasteiger partial charge on any atom is -0.323 e. The van der Waals surface area contributed by atoms with Gasteiger partial charge in [0.1, 0.15) is 0 Å². The van der Waals surface area contributed by atoms with Gasteiger partial charge in [0.15, 0.2) is 0 Å². The Hall–Kier alpha value is -0.860. The fourth-order valence-electron chi connectivity index (χ4n) is 4.25. The zero-order chi connectivity index (χ0) is 14.2. The van der Waals surface area contributed by atoms with Crippen LogP contribution in [-0.2, 0) is 6.42 Å². The van der Waals surface area contributed by atoms with Crippen molar-refractivity contribution >= 4 is 0 Å². The third kappa shape index (κ3) is 2.29. The van der Waals surface area contributed by atoms with Gasteiger partial charge in [0.2, 0.25) is 0 Å². The van der Waals surface area contributed by atoms with E-state index in [0.717, 1.165) is 6.42 Å². The smallest absolute Gasteiger partial charge is 0.0459 e. The molecule has 2 nitrogen and oxygen atoms in total. The van der Waals surface area contributed by atoms with Crippen LogP contribution in [0.5, 0.6) is 0 Å². The molecule has 1 heterocycles. The van der Waals surface area contributed by atoms with Gasteiger partial charge in [-0.1, -0.05) is 51.0 Å². The first-order chi connectivity index (χ1) is 9.69. The van der Waals surface area contributed by atoms with Gasteiger partial charge in [0, 0.05) is 12.1 Å². The van der Waals surface area contributed by atoms with Gasteiger partial charge in [-0.15, -0.1) is 0 Å². The van der Waals surface area contributed by atoms with Gasteiger partial charge < -0.3 is 5.73 Å². The van der Waals surface area contributed by atoms with Gasteiger partial charge in [0.25, 0.3) is 0 Å². The fraction of sp³-hybridized carbons (Fsp3) is 0.667. The predicted molar refractivity (Wildman–Crippen MR) is 84.7 cm³/mol. The van der Waals surface area contributed by atoms with Crippen molar-refractivity contribution in [2.75, 3.05) is 13.1 Å². The molecule has 0 spiro atoms. The van der Waals surface area contributed by atoms with Crippen LogP contribution < -0.4 is 5.73 Å². The minimum absolute atomic E-state index is 0.210. The van der Waals surface area contributed by atoms with E-state index in [2.05, 4.69) is 43.0 Å². The first-order valence-corrected chi connectivity index (χ1v) is 8.26. The molecule has 0 saturated carbocycles. The van der Waals surface area contributed by atoms with Gasteiger partial charge in [-0.2, -0.15) is 0 Å². The maximum absolute atomic E-state index is 6.51. The lowest BCUT2D eigenvalue weighted by Crippen LogP contribution is -2.48. The molecule has 2 atom stereocenters. The number of benzene rings is 1. The number of piperidine rings is 1. The maximum Gasteiger partial charge on any atom is 0.0459 e. The van der Waals surface area contributed by atoms with Crippen LogP contribution in [0.4, 0.5) is 0 Å². The summed E-state index contributed by atoms with van der Waals surface area (Å²) >= 11 is 0. The van der Waals surface area contributed by atoms with Crippen LogP contribution in [0.3, 0.4) is 0 Å². The summed E-state index contributed by atoms with van der Waals surface area (Å²) in [4.78, 5) is 2.66. The third-order valence-corrected chi connectivity index (χ3v) is 6.09. The van der Waals surface area contributed by atoms with Crippen molar-refractivity contribution in [3.63, 3.8) is 0 Å². The SMILES string of the molecule is CCC1(CC)CCN(C2Cc3ccccc3C2N)CC1. The highest BCUT2D eigenvalue weighted by Gasteiger charge is 2.38. The summed E-state index contributed by atoms with van der Waals surface area (Å²) in [6.45, 7) is 7.18. The summed E-state index contributed by atoms with van der Waals surface area (Å²) in [5.41, 5.74) is 9.96. The number of nitrogens with two attached hydrogens (primary N) is 1. The molecular formula is C18H28N2. The Kier molecular flexibility index (Phi) is 3.87. The van der Waals surface area contributed by atoms with Crippen molar-refractivity contribution in [3.8, 4) is 0 Å². The van der Waals surface area contributed by atoms with Gasteiger partial charge in [-0.25, -0.2) is 0 Å². The normalized spacial score (nSPS) is 29.4. The van der Waals surface area contributed by atoms with Crippen molar-refractivity contribution in [3.05, 3.63) is 35.4 Å². The summed E-state index contributed by atoms with van der Waals surface area (Å²) in [5.74, 6) is 0. The lowest BCUT2D eigenvalue weighted by Gasteiger charge is -2.44. The molecule has 2 N–H and O–H groups in total. The van der Waals surface area contributed by atoms with Crippen LogP contribution in [0, 0.1) is 5.41 Å². The average molecular weight is 272 g/mol. The monoisotopic (exact) mass is 272 g/mol. The summed E-state index contributed by atoms with van der Waals surface area (Å²) in [6, 6.07) is 9.47. The second kappa shape index (κ2) is 5.50. The molecule has 1 aromatic carbocycles. The van der Waals surface area contributed by atoms with Crippen LogP contribution in [0.2, 0.25) is 0 Å². The molecule has 0 amide bonds. The van der Waals surface area contributed by atoms with Crippen LogP contribution in [0.15, 0.2) is 24.3 Å². The molecule has 1 aliphatic heterocycles. The second-order valence-electron chi connectivity index (χ2n) is 6.74. The zero-order valence-electron chi connectivity index (χ0n) is 12.9. The molecule has 0 radical (unpaired) electrons. The van der Waals surface area contributed by atoms with E-state index < -0.39 is 0 Å². The van der Waals surface area contributed by atoms with E-state index in [9.17, 15) is 0 Å². The van der Waals surface area contributed by atoms with Gasteiger partial charge in [-0.05, 0) is 48.9 Å². The molecule has 3 rings (SSSR count). The summed E-state index contributed by atoms with van der Waals surface area (Å²) in [5, 5.41) is 0. The number of hydrogen-bond acceptors (Lipinski definition) is 2. The Balaban J connectivity index is 1.69. The van der Waals surface area contributed by atoms with E-state index in [0.29, 0.717) is 11.5 Å². The first-order valence-electron chi connectivity index (χ1n) is 8.26. The van der Waals surface area contributed by atoms with E-state index in [-0.39, 0.29) is 6.04 Å². The number of likely N-dealkylation sites (tertiary alicyclic amines) is 1. The summed E-state index contributed by atoms with van der Waals surface area (Å²) in [6.07, 6.45) is 6.49. The maximum atomic E-state index is 6.51. The highest BCUT2D eigenvalue weighted by atomic mass is 15.2. The number of hydrogen-bond donors (Lipinski definition) is 1. The van der Waals surface area contributed by atoms with E-state index in [1.807, 2.05) is 0 Å². The van der Waals surface area contributed by atoms with Crippen LogP contribution in [0.25, 0.3) is 0 Å². The molecule has 1 aliphatic carbocycles. The molecule has 2 aliphatic rings. The first kappa shape index (κ1) is 14.1. The molecule has 2 unspecified atom stereocenters. The standard InChI is InChI=1S/C18H28N2/c1-3-18(4-2)9-11-20(12-10-18)16-13-14-7-5-6-8-15(14)17(16)19/h5-8,16-17H,3-4,9-13,19H2,1-2H3. The molecule has 2 heteroatoms. The quantitative estimate of drug-likeness (QED) is 0.912. The van der Waals surface area contributed by atoms with E-state index in [1.54, 1.807) is 0 Å². The summed E-state index contributed by atoms with van der Waals surface area (Å²) < 4.78 is 0. The molecular weight excluding hydrogens is 244 g/mol. The van der Waals surface area contributed by atoms with Crippen LogP contribution in [-0.4, -0.2) is 24.0 Å². The van der Waals surface area contributed by atoms with Crippen molar-refractivity contribution in [1.29, 1.82) is 0 Å². The highest BCUT2D eigenvalue weighted by Crippen LogP contribution is 2.41. The highest BCUT2D eigenvalue weighted by molar-refractivity contribution is 5.36. The lowest BCUT2D eigenvalue weighted by atomic mass is 9.74. The summed E-state index contributed by atoms with van der Waals surface area (Å²) in [7, 11) is 0. The molecule has 1 saturated heterocycles.